The normalized spacial score (nSPS) is 11.9. The Labute approximate surface area is 90.1 Å². The van der Waals surface area contributed by atoms with E-state index in [1.165, 1.54) is 0 Å². The first-order chi connectivity index (χ1) is 6.56. The van der Waals surface area contributed by atoms with Crippen molar-refractivity contribution < 1.29 is 14.3 Å². The second kappa shape index (κ2) is 8.73. The lowest BCUT2D eigenvalue weighted by atomic mass is 10.3. The molecule has 14 heavy (non-hydrogen) atoms. The Morgan fingerprint density at radius 2 is 1.86 bits per heavy atom. The predicted octanol–water partition coefficient (Wildman–Crippen LogP) is -0.199. The van der Waals surface area contributed by atoms with Gasteiger partial charge in [-0.1, -0.05) is 0 Å². The van der Waals surface area contributed by atoms with Crippen molar-refractivity contribution in [2.24, 2.45) is 0 Å². The minimum absolute atomic E-state index is 0.246. The van der Waals surface area contributed by atoms with Gasteiger partial charge in [-0.05, 0) is 44.8 Å². The summed E-state index contributed by atoms with van der Waals surface area (Å²) in [6.07, 6.45) is 2.22. The van der Waals surface area contributed by atoms with Crippen molar-refractivity contribution in [1.82, 2.24) is 10.6 Å². The quantitative estimate of drug-likeness (QED) is 0.331. The summed E-state index contributed by atoms with van der Waals surface area (Å²) in [4.78, 5) is 17.4. The molecule has 0 fully saturated rings. The fourth-order valence-corrected chi connectivity index (χ4v) is 1.47. The summed E-state index contributed by atoms with van der Waals surface area (Å²) in [5, 5.41) is 6.18. The van der Waals surface area contributed by atoms with Crippen LogP contribution in [-0.2, 0) is 16.3 Å². The molecule has 0 spiro atoms. The number of hydrogen-bond acceptors (Lipinski definition) is 4. The van der Waals surface area contributed by atoms with Crippen molar-refractivity contribution in [3.05, 3.63) is 0 Å². The first-order valence-corrected chi connectivity index (χ1v) is 7.24. The van der Waals surface area contributed by atoms with Gasteiger partial charge < -0.3 is 24.9 Å². The monoisotopic (exact) mass is 242 g/mol. The Kier molecular flexibility index (Phi) is 9.01. The van der Waals surface area contributed by atoms with Crippen LogP contribution in [0.25, 0.3) is 0 Å². The SMILES string of the molecule is CNCCCCNCCOP(O)(O)=S. The highest BCUT2D eigenvalue weighted by molar-refractivity contribution is 8.06. The molecular formula is C7H19N2O3PS. The van der Waals surface area contributed by atoms with Crippen molar-refractivity contribution in [3.8, 4) is 0 Å². The van der Waals surface area contributed by atoms with Crippen molar-refractivity contribution in [2.45, 2.75) is 12.8 Å². The molecule has 5 nitrogen and oxygen atoms in total. The first-order valence-electron chi connectivity index (χ1n) is 4.61. The molecule has 4 N–H and O–H groups in total. The molecule has 0 aromatic rings. The minimum Gasteiger partial charge on any atom is -0.325 e. The van der Waals surface area contributed by atoms with Gasteiger partial charge in [0.2, 0.25) is 0 Å². The fraction of sp³-hybridized carbons (Fsp3) is 1.00. The first kappa shape index (κ1) is 14.5. The van der Waals surface area contributed by atoms with E-state index in [1.807, 2.05) is 7.05 Å². The second-order valence-corrected chi connectivity index (χ2v) is 5.55. The van der Waals surface area contributed by atoms with Crippen LogP contribution in [-0.4, -0.2) is 43.1 Å². The molecule has 0 aliphatic carbocycles. The highest BCUT2D eigenvalue weighted by Gasteiger charge is 2.05. The van der Waals surface area contributed by atoms with E-state index in [2.05, 4.69) is 27.0 Å². The summed E-state index contributed by atoms with van der Waals surface area (Å²) in [5.41, 5.74) is 0. The number of hydrogen-bond donors (Lipinski definition) is 4. The number of nitrogens with one attached hydrogen (secondary N) is 2. The van der Waals surface area contributed by atoms with Crippen molar-refractivity contribution in [1.29, 1.82) is 0 Å². The van der Waals surface area contributed by atoms with Gasteiger partial charge in [0.05, 0.1) is 6.61 Å². The Morgan fingerprint density at radius 3 is 2.43 bits per heavy atom. The van der Waals surface area contributed by atoms with Gasteiger partial charge in [0.25, 0.3) is 0 Å². The maximum absolute atomic E-state index is 8.71. The summed E-state index contributed by atoms with van der Waals surface area (Å²) >= 11 is 4.28. The lowest BCUT2D eigenvalue weighted by molar-refractivity contribution is 0.251. The van der Waals surface area contributed by atoms with E-state index in [9.17, 15) is 0 Å². The Balaban J connectivity index is 3.03. The Bertz CT molecular complexity index is 176. The Morgan fingerprint density at radius 1 is 1.21 bits per heavy atom. The zero-order valence-corrected chi connectivity index (χ0v) is 10.1. The number of rotatable bonds is 9. The maximum atomic E-state index is 8.71. The lowest BCUT2D eigenvalue weighted by Gasteiger charge is -2.08. The summed E-state index contributed by atoms with van der Waals surface area (Å²) in [6, 6.07) is 0. The average molecular weight is 242 g/mol. The van der Waals surface area contributed by atoms with Crippen molar-refractivity contribution >= 4 is 18.5 Å². The molecule has 0 aliphatic rings. The van der Waals surface area contributed by atoms with E-state index in [1.54, 1.807) is 0 Å². The van der Waals surface area contributed by atoms with E-state index in [0.29, 0.717) is 6.54 Å². The molecule has 0 atom stereocenters. The third kappa shape index (κ3) is 12.4. The minimum atomic E-state index is -3.45. The molecule has 0 amide bonds. The van der Waals surface area contributed by atoms with Crippen LogP contribution < -0.4 is 10.6 Å². The zero-order valence-electron chi connectivity index (χ0n) is 8.40. The van der Waals surface area contributed by atoms with Gasteiger partial charge in [0.15, 0.2) is 0 Å². The van der Waals surface area contributed by atoms with Crippen molar-refractivity contribution in [2.75, 3.05) is 33.3 Å². The van der Waals surface area contributed by atoms with Gasteiger partial charge in [-0.3, -0.25) is 0 Å². The highest BCUT2D eigenvalue weighted by Crippen LogP contribution is 2.35. The molecule has 7 heteroatoms. The summed E-state index contributed by atoms with van der Waals surface area (Å²) in [5.74, 6) is 0. The molecular weight excluding hydrogens is 223 g/mol. The summed E-state index contributed by atoms with van der Waals surface area (Å²) in [7, 11) is 1.93. The topological polar surface area (TPSA) is 73.8 Å². The molecule has 0 aliphatic heterocycles. The standard InChI is InChI=1S/C7H19N2O3PS/c1-8-4-2-3-5-9-6-7-12-13(10,11)14/h8-9H,2-7H2,1H3,(H2,10,11,14). The third-order valence-corrected chi connectivity index (χ3v) is 2.40. The van der Waals surface area contributed by atoms with Crippen LogP contribution in [0, 0.1) is 0 Å². The molecule has 86 valence electrons. The number of unbranched alkanes of at least 4 members (excludes halogenated alkanes) is 1. The van der Waals surface area contributed by atoms with Crippen LogP contribution in [0.3, 0.4) is 0 Å². The van der Waals surface area contributed by atoms with Gasteiger partial charge in [-0.2, -0.15) is 0 Å². The second-order valence-electron chi connectivity index (χ2n) is 2.88. The molecule has 0 bridgehead atoms. The summed E-state index contributed by atoms with van der Waals surface area (Å²) < 4.78 is 4.62. The zero-order chi connectivity index (χ0) is 10.9. The van der Waals surface area contributed by atoms with Crippen LogP contribution in [0.15, 0.2) is 0 Å². The average Bonchev–Trinajstić information content (AvgIpc) is 2.08. The fourth-order valence-electron chi connectivity index (χ4n) is 0.914. The smallest absolute Gasteiger partial charge is 0.321 e. The molecule has 0 radical (unpaired) electrons. The predicted molar refractivity (Wildman–Crippen MR) is 60.7 cm³/mol. The maximum Gasteiger partial charge on any atom is 0.321 e. The van der Waals surface area contributed by atoms with E-state index >= 15 is 0 Å². The highest BCUT2D eigenvalue weighted by atomic mass is 32.5. The van der Waals surface area contributed by atoms with Gasteiger partial charge in [0, 0.05) is 6.54 Å². The van der Waals surface area contributed by atoms with Crippen LogP contribution in [0.4, 0.5) is 0 Å². The van der Waals surface area contributed by atoms with Crippen LogP contribution in [0.2, 0.25) is 0 Å². The van der Waals surface area contributed by atoms with Crippen molar-refractivity contribution in [3.63, 3.8) is 0 Å². The van der Waals surface area contributed by atoms with Crippen LogP contribution >= 0.6 is 6.72 Å². The molecule has 0 saturated carbocycles. The van der Waals surface area contributed by atoms with Crippen LogP contribution in [0.5, 0.6) is 0 Å². The molecule has 0 rings (SSSR count). The molecule has 0 aromatic heterocycles. The van der Waals surface area contributed by atoms with Gasteiger partial charge in [-0.15, -0.1) is 0 Å². The van der Waals surface area contributed by atoms with E-state index < -0.39 is 6.72 Å². The molecule has 0 aromatic carbocycles. The van der Waals surface area contributed by atoms with Gasteiger partial charge >= 0.3 is 6.72 Å². The largest absolute Gasteiger partial charge is 0.325 e. The molecule has 0 saturated heterocycles. The Hall–Kier alpha value is 0.450. The van der Waals surface area contributed by atoms with Gasteiger partial charge in [0.1, 0.15) is 0 Å². The van der Waals surface area contributed by atoms with Crippen LogP contribution in [0.1, 0.15) is 12.8 Å². The molecule has 0 heterocycles. The third-order valence-electron chi connectivity index (χ3n) is 1.57. The van der Waals surface area contributed by atoms with E-state index in [4.69, 9.17) is 9.79 Å². The lowest BCUT2D eigenvalue weighted by Crippen LogP contribution is -2.21. The van der Waals surface area contributed by atoms with E-state index in [-0.39, 0.29) is 6.61 Å². The van der Waals surface area contributed by atoms with Gasteiger partial charge in [-0.25, -0.2) is 0 Å². The van der Waals surface area contributed by atoms with E-state index in [0.717, 1.165) is 25.9 Å². The summed E-state index contributed by atoms with van der Waals surface area (Å²) in [6.45, 7) is -0.678. The molecule has 0 unspecified atom stereocenters.